The fourth-order valence-electron chi connectivity index (χ4n) is 4.34. The van der Waals surface area contributed by atoms with Crippen LogP contribution in [0.5, 0.6) is 0 Å². The van der Waals surface area contributed by atoms with E-state index in [0.29, 0.717) is 5.92 Å². The van der Waals surface area contributed by atoms with E-state index in [-0.39, 0.29) is 6.04 Å². The summed E-state index contributed by atoms with van der Waals surface area (Å²) in [7, 11) is 0. The van der Waals surface area contributed by atoms with E-state index in [4.69, 9.17) is 5.11 Å². The first-order valence-electron chi connectivity index (χ1n) is 9.41. The maximum absolute atomic E-state index is 11.0. The summed E-state index contributed by atoms with van der Waals surface area (Å²) in [6, 6.07) is 0.173. The van der Waals surface area contributed by atoms with Crippen molar-refractivity contribution in [2.75, 3.05) is 19.6 Å². The number of nitrogens with one attached hydrogen (secondary N) is 1. The summed E-state index contributed by atoms with van der Waals surface area (Å²) < 4.78 is 0. The highest BCUT2D eigenvalue weighted by atomic mass is 16.4. The third-order valence-electron chi connectivity index (χ3n) is 5.53. The normalized spacial score (nSPS) is 30.1. The van der Waals surface area contributed by atoms with Crippen LogP contribution in [-0.4, -0.2) is 41.8 Å². The van der Waals surface area contributed by atoms with Crippen molar-refractivity contribution in [1.82, 2.24) is 10.2 Å². The second kappa shape index (κ2) is 9.39. The molecule has 0 unspecified atom stereocenters. The van der Waals surface area contributed by atoms with E-state index in [9.17, 15) is 4.79 Å². The van der Waals surface area contributed by atoms with Crippen molar-refractivity contribution in [3.8, 4) is 0 Å². The number of rotatable bonds is 7. The Kier molecular flexibility index (Phi) is 7.50. The molecule has 3 atom stereocenters. The van der Waals surface area contributed by atoms with Crippen molar-refractivity contribution < 1.29 is 9.90 Å². The van der Waals surface area contributed by atoms with Gasteiger partial charge >= 0.3 is 6.09 Å². The molecule has 0 radical (unpaired) electrons. The molecule has 0 aromatic carbocycles. The van der Waals surface area contributed by atoms with E-state index in [1.807, 2.05) is 0 Å². The number of carboxylic acid groups (broad SMARTS) is 1. The lowest BCUT2D eigenvalue weighted by Gasteiger charge is -2.39. The summed E-state index contributed by atoms with van der Waals surface area (Å²) in [6.45, 7) is 5.81. The fourth-order valence-corrected chi connectivity index (χ4v) is 4.34. The van der Waals surface area contributed by atoms with Crippen LogP contribution in [0.4, 0.5) is 4.79 Å². The van der Waals surface area contributed by atoms with E-state index in [0.717, 1.165) is 18.9 Å². The lowest BCUT2D eigenvalue weighted by atomic mass is 9.83. The van der Waals surface area contributed by atoms with Crippen LogP contribution in [0.3, 0.4) is 0 Å². The van der Waals surface area contributed by atoms with Crippen LogP contribution in [0, 0.1) is 11.8 Å². The lowest BCUT2D eigenvalue weighted by Crippen LogP contribution is -2.47. The summed E-state index contributed by atoms with van der Waals surface area (Å²) in [4.78, 5) is 13.6. The first-order chi connectivity index (χ1) is 10.7. The zero-order valence-electron chi connectivity index (χ0n) is 14.2. The Hall–Kier alpha value is -0.770. The number of hydrogen-bond acceptors (Lipinski definition) is 2. The van der Waals surface area contributed by atoms with Gasteiger partial charge in [0.2, 0.25) is 0 Å². The lowest BCUT2D eigenvalue weighted by molar-refractivity contribution is 0.114. The van der Waals surface area contributed by atoms with Gasteiger partial charge in [-0.25, -0.2) is 4.79 Å². The van der Waals surface area contributed by atoms with Crippen molar-refractivity contribution >= 4 is 6.09 Å². The van der Waals surface area contributed by atoms with Gasteiger partial charge in [-0.05, 0) is 50.5 Å². The second-order valence-electron chi connectivity index (χ2n) is 7.36. The molecule has 1 saturated heterocycles. The third kappa shape index (κ3) is 5.79. The molecular weight excluding hydrogens is 276 g/mol. The van der Waals surface area contributed by atoms with Crippen LogP contribution in [0.25, 0.3) is 0 Å². The van der Waals surface area contributed by atoms with Crippen LogP contribution < -0.4 is 5.32 Å². The van der Waals surface area contributed by atoms with E-state index in [2.05, 4.69) is 17.1 Å². The molecule has 0 aromatic rings. The average molecular weight is 310 g/mol. The minimum Gasteiger partial charge on any atom is -0.465 e. The van der Waals surface area contributed by atoms with Crippen LogP contribution in [-0.2, 0) is 0 Å². The van der Waals surface area contributed by atoms with Crippen LogP contribution in [0.2, 0.25) is 0 Å². The Morgan fingerprint density at radius 3 is 2.77 bits per heavy atom. The fraction of sp³-hybridized carbons (Fsp3) is 0.944. The standard InChI is InChI=1S/C18H34N2O2/c1-2-3-4-8-15-9-7-12-20(13-15)14-16-10-5-6-11-17(16)19-18(21)22/h15-17,19H,2-14H2,1H3,(H,21,22)/t15-,16-,17+/m0/s1. The molecule has 4 heteroatoms. The van der Waals surface area contributed by atoms with Crippen LogP contribution in [0.1, 0.15) is 71.1 Å². The van der Waals surface area contributed by atoms with Crippen molar-refractivity contribution in [2.45, 2.75) is 77.2 Å². The number of hydrogen-bond donors (Lipinski definition) is 2. The van der Waals surface area contributed by atoms with Crippen LogP contribution >= 0.6 is 0 Å². The summed E-state index contributed by atoms with van der Waals surface area (Å²) in [5.41, 5.74) is 0. The summed E-state index contributed by atoms with van der Waals surface area (Å²) in [5.74, 6) is 1.38. The Labute approximate surface area is 135 Å². The first-order valence-corrected chi connectivity index (χ1v) is 9.41. The van der Waals surface area contributed by atoms with Gasteiger partial charge in [-0.3, -0.25) is 0 Å². The largest absolute Gasteiger partial charge is 0.465 e. The van der Waals surface area contributed by atoms with Crippen LogP contribution in [0.15, 0.2) is 0 Å². The van der Waals surface area contributed by atoms with Crippen molar-refractivity contribution in [1.29, 1.82) is 0 Å². The first kappa shape index (κ1) is 17.6. The molecule has 1 amide bonds. The Morgan fingerprint density at radius 1 is 1.18 bits per heavy atom. The van der Waals surface area contributed by atoms with Gasteiger partial charge < -0.3 is 15.3 Å². The molecule has 1 aliphatic carbocycles. The van der Waals surface area contributed by atoms with Gasteiger partial charge in [0, 0.05) is 19.1 Å². The zero-order chi connectivity index (χ0) is 15.8. The predicted molar refractivity (Wildman–Crippen MR) is 90.2 cm³/mol. The Morgan fingerprint density at radius 2 is 2.00 bits per heavy atom. The minimum atomic E-state index is -0.854. The SMILES string of the molecule is CCCCC[C@H]1CCCN(C[C@@H]2CCCC[C@H]2NC(=O)O)C1. The summed E-state index contributed by atoms with van der Waals surface area (Å²) >= 11 is 0. The van der Waals surface area contributed by atoms with Crippen molar-refractivity contribution in [2.24, 2.45) is 11.8 Å². The van der Waals surface area contributed by atoms with E-state index in [1.165, 1.54) is 70.9 Å². The smallest absolute Gasteiger partial charge is 0.404 e. The van der Waals surface area contributed by atoms with Crippen molar-refractivity contribution in [3.63, 3.8) is 0 Å². The molecule has 128 valence electrons. The van der Waals surface area contributed by atoms with E-state index < -0.39 is 6.09 Å². The maximum atomic E-state index is 11.0. The summed E-state index contributed by atoms with van der Waals surface area (Å²) in [6.07, 6.45) is 11.9. The molecule has 1 saturated carbocycles. The molecule has 1 heterocycles. The minimum absolute atomic E-state index is 0.173. The Bertz CT molecular complexity index is 335. The molecule has 22 heavy (non-hydrogen) atoms. The zero-order valence-corrected chi connectivity index (χ0v) is 14.2. The van der Waals surface area contributed by atoms with Gasteiger partial charge in [-0.2, -0.15) is 0 Å². The number of carbonyl (C=O) groups is 1. The van der Waals surface area contributed by atoms with E-state index in [1.54, 1.807) is 0 Å². The topological polar surface area (TPSA) is 52.6 Å². The number of nitrogens with zero attached hydrogens (tertiary/aromatic N) is 1. The van der Waals surface area contributed by atoms with Gasteiger partial charge in [0.05, 0.1) is 0 Å². The highest BCUT2D eigenvalue weighted by Gasteiger charge is 2.29. The maximum Gasteiger partial charge on any atom is 0.404 e. The predicted octanol–water partition coefficient (Wildman–Crippen LogP) is 4.11. The van der Waals surface area contributed by atoms with Gasteiger partial charge in [0.15, 0.2) is 0 Å². The molecule has 2 rings (SSSR count). The number of amides is 1. The van der Waals surface area contributed by atoms with E-state index >= 15 is 0 Å². The monoisotopic (exact) mass is 310 g/mol. The van der Waals surface area contributed by atoms with Gasteiger partial charge in [0.1, 0.15) is 0 Å². The third-order valence-corrected chi connectivity index (χ3v) is 5.53. The van der Waals surface area contributed by atoms with Crippen molar-refractivity contribution in [3.05, 3.63) is 0 Å². The molecule has 0 aromatic heterocycles. The average Bonchev–Trinajstić information content (AvgIpc) is 2.49. The highest BCUT2D eigenvalue weighted by molar-refractivity contribution is 5.64. The molecule has 1 aliphatic heterocycles. The second-order valence-corrected chi connectivity index (χ2v) is 7.36. The Balaban J connectivity index is 1.78. The summed E-state index contributed by atoms with van der Waals surface area (Å²) in [5, 5.41) is 11.8. The van der Waals surface area contributed by atoms with Gasteiger partial charge in [0.25, 0.3) is 0 Å². The quantitative estimate of drug-likeness (QED) is 0.696. The molecule has 2 N–H and O–H groups in total. The highest BCUT2D eigenvalue weighted by Crippen LogP contribution is 2.28. The molecule has 0 bridgehead atoms. The molecule has 2 fully saturated rings. The van der Waals surface area contributed by atoms with Gasteiger partial charge in [-0.1, -0.05) is 39.0 Å². The molecule has 0 spiro atoms. The number of unbranched alkanes of at least 4 members (excludes halogenated alkanes) is 2. The molecule has 4 nitrogen and oxygen atoms in total. The molecule has 2 aliphatic rings. The van der Waals surface area contributed by atoms with Gasteiger partial charge in [-0.15, -0.1) is 0 Å². The number of likely N-dealkylation sites (tertiary alicyclic amines) is 1. The number of piperidine rings is 1. The molecular formula is C18H34N2O2.